The minimum absolute atomic E-state index is 0.178. The number of esters is 1. The Morgan fingerprint density at radius 1 is 1.48 bits per heavy atom. The van der Waals surface area contributed by atoms with Gasteiger partial charge in [-0.05, 0) is 19.4 Å². The smallest absolute Gasteiger partial charge is 0.369 e. The zero-order valence-electron chi connectivity index (χ0n) is 12.4. The minimum Gasteiger partial charge on any atom is -0.691 e. The van der Waals surface area contributed by atoms with Crippen molar-refractivity contribution in [3.8, 4) is 0 Å². The van der Waals surface area contributed by atoms with E-state index < -0.39 is 35.9 Å². The van der Waals surface area contributed by atoms with Gasteiger partial charge >= 0.3 is 11.8 Å². The Hall–Kier alpha value is -1.15. The molecule has 2 aliphatic rings. The monoisotopic (exact) mass is 352 g/mol. The standard InChI is InChI=1S/C10H15N3O9S/c1-9(2)18-7-6(19-23-22-21-15)5(4-12-13-11)17-10(7,20-9)8(14)16-3/h5-7,15H,4H2,1-3H3/p-1/t5-,6+,7-,10+/m0/s1. The van der Waals surface area contributed by atoms with Gasteiger partial charge in [0.1, 0.15) is 6.10 Å². The summed E-state index contributed by atoms with van der Waals surface area (Å²) in [5.74, 6) is -3.89. The van der Waals surface area contributed by atoms with E-state index in [1.54, 1.807) is 13.8 Å². The Morgan fingerprint density at radius 3 is 2.83 bits per heavy atom. The highest BCUT2D eigenvalue weighted by atomic mass is 32.2. The van der Waals surface area contributed by atoms with Crippen molar-refractivity contribution < 1.29 is 42.6 Å². The van der Waals surface area contributed by atoms with Crippen molar-refractivity contribution in [2.45, 2.75) is 43.7 Å². The molecule has 2 heterocycles. The van der Waals surface area contributed by atoms with E-state index in [-0.39, 0.29) is 18.9 Å². The second-order valence-corrected chi connectivity index (χ2v) is 5.50. The molecule has 0 aromatic rings. The van der Waals surface area contributed by atoms with Gasteiger partial charge in [0.25, 0.3) is 0 Å². The van der Waals surface area contributed by atoms with Gasteiger partial charge in [-0.3, -0.25) is 9.22 Å². The van der Waals surface area contributed by atoms with Crippen molar-refractivity contribution in [3.05, 3.63) is 10.4 Å². The number of hydrogen-bond donors (Lipinski definition) is 0. The summed E-state index contributed by atoms with van der Waals surface area (Å²) in [6.45, 7) is 2.97. The number of azide groups is 1. The molecule has 0 spiro atoms. The molecule has 0 aromatic heterocycles. The van der Waals surface area contributed by atoms with Crippen molar-refractivity contribution in [1.29, 1.82) is 0 Å². The molecule has 0 aromatic carbocycles. The molecule has 0 aliphatic carbocycles. The molecule has 12 nitrogen and oxygen atoms in total. The molecule has 0 unspecified atom stereocenters. The van der Waals surface area contributed by atoms with Gasteiger partial charge in [0.2, 0.25) is 0 Å². The third kappa shape index (κ3) is 3.52. The number of carbonyl (C=O) groups excluding carboxylic acids is 1. The van der Waals surface area contributed by atoms with E-state index in [0.29, 0.717) is 0 Å². The maximum absolute atomic E-state index is 12.2. The van der Waals surface area contributed by atoms with E-state index in [9.17, 15) is 10.1 Å². The SMILES string of the molecule is COC(=O)[C@@]12O[C@@H](CN=[N+]=[N-])[C@@H](OSOO[O-])[C@@H]1OC(C)(C)O2. The van der Waals surface area contributed by atoms with Gasteiger partial charge in [-0.15, -0.1) is 4.33 Å². The second kappa shape index (κ2) is 7.17. The lowest BCUT2D eigenvalue weighted by molar-refractivity contribution is -0.777. The van der Waals surface area contributed by atoms with Crippen LogP contribution in [-0.2, 0) is 37.3 Å². The Balaban J connectivity index is 2.28. The summed E-state index contributed by atoms with van der Waals surface area (Å²) in [5, 5.41) is 16.4. The van der Waals surface area contributed by atoms with E-state index in [1.165, 1.54) is 0 Å². The first kappa shape index (κ1) is 18.2. The van der Waals surface area contributed by atoms with Gasteiger partial charge in [0.15, 0.2) is 24.2 Å². The van der Waals surface area contributed by atoms with Crippen molar-refractivity contribution in [2.75, 3.05) is 13.7 Å². The van der Waals surface area contributed by atoms with E-state index in [2.05, 4.69) is 19.4 Å². The summed E-state index contributed by atoms with van der Waals surface area (Å²) in [6.07, 6.45) is -2.93. The summed E-state index contributed by atoms with van der Waals surface area (Å²) >= 11 is 0.218. The molecule has 2 rings (SSSR count). The van der Waals surface area contributed by atoms with Crippen LogP contribution in [-0.4, -0.2) is 49.5 Å². The minimum atomic E-state index is -1.89. The van der Waals surface area contributed by atoms with Crippen LogP contribution >= 0.6 is 12.3 Å². The molecule has 0 N–H and O–H groups in total. The Labute approximate surface area is 134 Å². The molecule has 4 atom stereocenters. The largest absolute Gasteiger partial charge is 0.691 e. The number of carbonyl (C=O) groups is 1. The maximum atomic E-state index is 12.2. The van der Waals surface area contributed by atoms with Crippen molar-refractivity contribution >= 4 is 18.3 Å². The normalized spacial score (nSPS) is 34.7. The second-order valence-electron chi connectivity index (χ2n) is 5.03. The lowest BCUT2D eigenvalue weighted by atomic mass is 10.1. The van der Waals surface area contributed by atoms with Crippen LogP contribution in [0, 0.1) is 0 Å². The van der Waals surface area contributed by atoms with Crippen LogP contribution in [0.25, 0.3) is 10.4 Å². The fraction of sp³-hybridized carbons (Fsp3) is 0.900. The zero-order chi connectivity index (χ0) is 17.1. The zero-order valence-corrected chi connectivity index (χ0v) is 13.2. The van der Waals surface area contributed by atoms with Crippen LogP contribution in [0.1, 0.15) is 13.8 Å². The molecule has 0 bridgehead atoms. The molecule has 130 valence electrons. The van der Waals surface area contributed by atoms with Crippen molar-refractivity contribution in [1.82, 2.24) is 0 Å². The summed E-state index contributed by atoms with van der Waals surface area (Å²) in [5.41, 5.74) is 8.45. The summed E-state index contributed by atoms with van der Waals surface area (Å²) in [6, 6.07) is 0. The first-order chi connectivity index (χ1) is 10.9. The molecular weight excluding hydrogens is 338 g/mol. The molecule has 23 heavy (non-hydrogen) atoms. The summed E-state index contributed by atoms with van der Waals surface area (Å²) in [4.78, 5) is 14.8. The first-order valence-electron chi connectivity index (χ1n) is 6.34. The van der Waals surface area contributed by atoms with Crippen LogP contribution in [0.5, 0.6) is 0 Å². The summed E-state index contributed by atoms with van der Waals surface area (Å²) < 4.78 is 30.8. The van der Waals surface area contributed by atoms with Crippen LogP contribution < -0.4 is 5.26 Å². The Morgan fingerprint density at radius 2 is 2.22 bits per heavy atom. The molecule has 0 saturated carbocycles. The van der Waals surface area contributed by atoms with Crippen LogP contribution in [0.2, 0.25) is 0 Å². The predicted octanol–water partition coefficient (Wildman–Crippen LogP) is -0.112. The van der Waals surface area contributed by atoms with Crippen molar-refractivity contribution in [3.63, 3.8) is 0 Å². The number of hydrogen-bond acceptors (Lipinski definition) is 11. The molecule has 2 fully saturated rings. The van der Waals surface area contributed by atoms with Gasteiger partial charge in [0, 0.05) is 4.91 Å². The van der Waals surface area contributed by atoms with Crippen LogP contribution in [0.15, 0.2) is 5.11 Å². The Bertz CT molecular complexity index is 500. The molecule has 0 radical (unpaired) electrons. The highest BCUT2D eigenvalue weighted by Gasteiger charge is 2.70. The lowest BCUT2D eigenvalue weighted by Crippen LogP contribution is -2.48. The van der Waals surface area contributed by atoms with E-state index in [1.807, 2.05) is 0 Å². The summed E-state index contributed by atoms with van der Waals surface area (Å²) in [7, 11) is 1.16. The van der Waals surface area contributed by atoms with Gasteiger partial charge in [-0.25, -0.2) is 4.79 Å². The third-order valence-electron chi connectivity index (χ3n) is 3.17. The van der Waals surface area contributed by atoms with Crippen molar-refractivity contribution in [2.24, 2.45) is 5.11 Å². The van der Waals surface area contributed by atoms with Crippen LogP contribution in [0.4, 0.5) is 0 Å². The van der Waals surface area contributed by atoms with E-state index >= 15 is 0 Å². The molecular formula is C10H14N3O9S-. The number of rotatable bonds is 7. The van der Waals surface area contributed by atoms with E-state index in [0.717, 1.165) is 7.11 Å². The molecule has 2 aliphatic heterocycles. The third-order valence-corrected chi connectivity index (χ3v) is 3.59. The highest BCUT2D eigenvalue weighted by Crippen LogP contribution is 2.48. The van der Waals surface area contributed by atoms with Gasteiger partial charge in [-0.1, -0.05) is 5.11 Å². The number of ether oxygens (including phenoxy) is 4. The average Bonchev–Trinajstić information content (AvgIpc) is 2.93. The lowest BCUT2D eigenvalue weighted by Gasteiger charge is -2.26. The fourth-order valence-corrected chi connectivity index (χ4v) is 2.85. The first-order valence-corrected chi connectivity index (χ1v) is 7.00. The predicted molar refractivity (Wildman–Crippen MR) is 68.3 cm³/mol. The van der Waals surface area contributed by atoms with Gasteiger partial charge in [-0.2, -0.15) is 0 Å². The molecule has 2 saturated heterocycles. The fourth-order valence-electron chi connectivity index (χ4n) is 2.48. The number of fused-ring (bicyclic) bond motifs is 1. The number of methoxy groups -OCH3 is 1. The van der Waals surface area contributed by atoms with E-state index in [4.69, 9.17) is 28.7 Å². The van der Waals surface area contributed by atoms with Gasteiger partial charge < -0.3 is 24.2 Å². The highest BCUT2D eigenvalue weighted by molar-refractivity contribution is 7.89. The topological polar surface area (TPSA) is 154 Å². The maximum Gasteiger partial charge on any atom is 0.369 e. The Kier molecular flexibility index (Phi) is 5.67. The quantitative estimate of drug-likeness (QED) is 0.0885. The van der Waals surface area contributed by atoms with Gasteiger partial charge in [0.05, 0.1) is 19.8 Å². The molecule has 0 amide bonds. The van der Waals surface area contributed by atoms with Crippen LogP contribution in [0.3, 0.4) is 0 Å². The molecule has 13 heteroatoms. The number of nitrogens with zero attached hydrogens (tertiary/aromatic N) is 3. The average molecular weight is 352 g/mol.